The van der Waals surface area contributed by atoms with Crippen LogP contribution >= 0.6 is 0 Å². The molecule has 0 saturated heterocycles. The van der Waals surface area contributed by atoms with Gasteiger partial charge >= 0.3 is 0 Å². The highest BCUT2D eigenvalue weighted by atomic mass is 16.5. The molecule has 1 unspecified atom stereocenters. The highest BCUT2D eigenvalue weighted by Crippen LogP contribution is 2.35. The van der Waals surface area contributed by atoms with Crippen LogP contribution in [0.5, 0.6) is 11.5 Å². The maximum absolute atomic E-state index is 6.54. The van der Waals surface area contributed by atoms with Crippen LogP contribution in [0, 0.1) is 20.8 Å². The van der Waals surface area contributed by atoms with Gasteiger partial charge in [-0.15, -0.1) is 0 Å². The van der Waals surface area contributed by atoms with Crippen LogP contribution < -0.4 is 15.2 Å². The topological polar surface area (TPSA) is 44.5 Å². The number of ether oxygens (including phenoxy) is 2. The van der Waals surface area contributed by atoms with Gasteiger partial charge in [0.1, 0.15) is 0 Å². The lowest BCUT2D eigenvalue weighted by molar-refractivity contribution is 0.354. The van der Waals surface area contributed by atoms with E-state index in [4.69, 9.17) is 15.2 Å². The van der Waals surface area contributed by atoms with Gasteiger partial charge in [-0.05, 0) is 60.7 Å². The monoisotopic (exact) mass is 285 g/mol. The summed E-state index contributed by atoms with van der Waals surface area (Å²) in [5, 5.41) is 0. The van der Waals surface area contributed by atoms with E-state index in [0.717, 1.165) is 16.9 Å². The lowest BCUT2D eigenvalue weighted by atomic mass is 9.89. The van der Waals surface area contributed by atoms with Crippen LogP contribution in [0.15, 0.2) is 30.3 Å². The van der Waals surface area contributed by atoms with E-state index in [-0.39, 0.29) is 6.04 Å². The Morgan fingerprint density at radius 2 is 1.38 bits per heavy atom. The summed E-state index contributed by atoms with van der Waals surface area (Å²) in [7, 11) is 3.28. The van der Waals surface area contributed by atoms with Gasteiger partial charge in [-0.1, -0.05) is 18.2 Å². The predicted octanol–water partition coefficient (Wildman–Crippen LogP) is 3.68. The molecule has 0 saturated carbocycles. The Morgan fingerprint density at radius 3 is 1.90 bits per heavy atom. The summed E-state index contributed by atoms with van der Waals surface area (Å²) in [6.07, 6.45) is 0. The number of rotatable bonds is 4. The van der Waals surface area contributed by atoms with Crippen LogP contribution in [-0.4, -0.2) is 14.2 Å². The van der Waals surface area contributed by atoms with E-state index in [9.17, 15) is 0 Å². The molecule has 0 aliphatic carbocycles. The van der Waals surface area contributed by atoms with Gasteiger partial charge in [-0.25, -0.2) is 0 Å². The molecule has 1 atom stereocenters. The summed E-state index contributed by atoms with van der Waals surface area (Å²) >= 11 is 0. The van der Waals surface area contributed by atoms with Crippen molar-refractivity contribution in [1.82, 2.24) is 0 Å². The van der Waals surface area contributed by atoms with Crippen LogP contribution in [-0.2, 0) is 0 Å². The Hall–Kier alpha value is -2.00. The van der Waals surface area contributed by atoms with Gasteiger partial charge in [0.25, 0.3) is 0 Å². The molecule has 0 fully saturated rings. The fraction of sp³-hybridized carbons (Fsp3) is 0.333. The average molecular weight is 285 g/mol. The highest BCUT2D eigenvalue weighted by Gasteiger charge is 2.18. The van der Waals surface area contributed by atoms with Gasteiger partial charge < -0.3 is 15.2 Å². The van der Waals surface area contributed by atoms with Crippen molar-refractivity contribution < 1.29 is 9.47 Å². The second-order valence-corrected chi connectivity index (χ2v) is 5.35. The van der Waals surface area contributed by atoms with E-state index < -0.39 is 0 Å². The Balaban J connectivity index is 2.56. The van der Waals surface area contributed by atoms with Crippen molar-refractivity contribution in [2.75, 3.05) is 14.2 Å². The molecule has 2 N–H and O–H groups in total. The number of methoxy groups -OCH3 is 2. The zero-order valence-electron chi connectivity index (χ0n) is 13.4. The molecule has 0 aromatic heterocycles. The summed E-state index contributed by atoms with van der Waals surface area (Å²) < 4.78 is 10.7. The van der Waals surface area contributed by atoms with Crippen molar-refractivity contribution >= 4 is 0 Å². The van der Waals surface area contributed by atoms with E-state index in [1.807, 2.05) is 19.1 Å². The SMILES string of the molecule is COc1cc(C)c(C(N)c2c(C)cccc2C)cc1OC. The quantitative estimate of drug-likeness (QED) is 0.932. The first-order chi connectivity index (χ1) is 9.99. The van der Waals surface area contributed by atoms with E-state index in [0.29, 0.717) is 5.75 Å². The molecule has 0 amide bonds. The van der Waals surface area contributed by atoms with Gasteiger partial charge in [0.15, 0.2) is 11.5 Å². The molecule has 0 radical (unpaired) electrons. The third-order valence-electron chi connectivity index (χ3n) is 3.96. The third-order valence-corrected chi connectivity index (χ3v) is 3.96. The standard InChI is InChI=1S/C18H23NO2/c1-11-7-6-8-12(2)17(11)18(19)14-10-16(21-5)15(20-4)9-13(14)3/h6-10,18H,19H2,1-5H3. The zero-order valence-corrected chi connectivity index (χ0v) is 13.4. The molecular weight excluding hydrogens is 262 g/mol. The number of benzene rings is 2. The summed E-state index contributed by atoms with van der Waals surface area (Å²) in [5.41, 5.74) is 12.3. The first-order valence-corrected chi connectivity index (χ1v) is 7.03. The minimum absolute atomic E-state index is 0.175. The second-order valence-electron chi connectivity index (χ2n) is 5.35. The molecule has 112 valence electrons. The van der Waals surface area contributed by atoms with Crippen molar-refractivity contribution in [1.29, 1.82) is 0 Å². The fourth-order valence-corrected chi connectivity index (χ4v) is 2.80. The summed E-state index contributed by atoms with van der Waals surface area (Å²) in [6.45, 7) is 6.24. The molecule has 0 aliphatic heterocycles. The first kappa shape index (κ1) is 15.4. The van der Waals surface area contributed by atoms with E-state index >= 15 is 0 Å². The lowest BCUT2D eigenvalue weighted by Gasteiger charge is -2.21. The van der Waals surface area contributed by atoms with Crippen LogP contribution in [0.4, 0.5) is 0 Å². The normalized spacial score (nSPS) is 12.1. The smallest absolute Gasteiger partial charge is 0.161 e. The van der Waals surface area contributed by atoms with E-state index in [1.165, 1.54) is 16.7 Å². The van der Waals surface area contributed by atoms with Gasteiger partial charge in [-0.2, -0.15) is 0 Å². The summed E-state index contributed by atoms with van der Waals surface area (Å²) in [6, 6.07) is 10.0. The molecular formula is C18H23NO2. The maximum atomic E-state index is 6.54. The molecule has 3 nitrogen and oxygen atoms in total. The molecule has 2 rings (SSSR count). The van der Waals surface area contributed by atoms with Crippen molar-refractivity contribution in [3.63, 3.8) is 0 Å². The van der Waals surface area contributed by atoms with Crippen LogP contribution in [0.25, 0.3) is 0 Å². The molecule has 0 heterocycles. The van der Waals surface area contributed by atoms with Crippen LogP contribution in [0.1, 0.15) is 33.9 Å². The molecule has 3 heteroatoms. The Morgan fingerprint density at radius 1 is 0.857 bits per heavy atom. The molecule has 0 spiro atoms. The minimum Gasteiger partial charge on any atom is -0.493 e. The highest BCUT2D eigenvalue weighted by molar-refractivity contribution is 5.51. The Bertz CT molecular complexity index is 630. The molecule has 2 aromatic rings. The largest absolute Gasteiger partial charge is 0.493 e. The van der Waals surface area contributed by atoms with Gasteiger partial charge in [0.2, 0.25) is 0 Å². The third kappa shape index (κ3) is 2.88. The van der Waals surface area contributed by atoms with Crippen molar-refractivity contribution in [2.24, 2.45) is 5.73 Å². The van der Waals surface area contributed by atoms with Gasteiger partial charge in [0, 0.05) is 0 Å². The second kappa shape index (κ2) is 6.19. The predicted molar refractivity (Wildman–Crippen MR) is 86.2 cm³/mol. The van der Waals surface area contributed by atoms with Gasteiger partial charge in [-0.3, -0.25) is 0 Å². The summed E-state index contributed by atoms with van der Waals surface area (Å²) in [5.74, 6) is 1.44. The minimum atomic E-state index is -0.175. The number of aryl methyl sites for hydroxylation is 3. The average Bonchev–Trinajstić information content (AvgIpc) is 2.46. The first-order valence-electron chi connectivity index (χ1n) is 7.03. The van der Waals surface area contributed by atoms with Crippen LogP contribution in [0.2, 0.25) is 0 Å². The van der Waals surface area contributed by atoms with Gasteiger partial charge in [0.05, 0.1) is 20.3 Å². The molecule has 0 aliphatic rings. The molecule has 21 heavy (non-hydrogen) atoms. The Kier molecular flexibility index (Phi) is 4.53. The number of hydrogen-bond donors (Lipinski definition) is 1. The van der Waals surface area contributed by atoms with E-state index in [1.54, 1.807) is 14.2 Å². The molecule has 2 aromatic carbocycles. The molecule has 0 bridgehead atoms. The zero-order chi connectivity index (χ0) is 15.6. The number of hydrogen-bond acceptors (Lipinski definition) is 3. The van der Waals surface area contributed by atoms with Crippen molar-refractivity contribution in [2.45, 2.75) is 26.8 Å². The van der Waals surface area contributed by atoms with Crippen molar-refractivity contribution in [3.05, 3.63) is 58.1 Å². The van der Waals surface area contributed by atoms with Crippen molar-refractivity contribution in [3.8, 4) is 11.5 Å². The fourth-order valence-electron chi connectivity index (χ4n) is 2.80. The number of nitrogens with two attached hydrogens (primary N) is 1. The van der Waals surface area contributed by atoms with Crippen LogP contribution in [0.3, 0.4) is 0 Å². The summed E-state index contributed by atoms with van der Waals surface area (Å²) in [4.78, 5) is 0. The maximum Gasteiger partial charge on any atom is 0.161 e. The van der Waals surface area contributed by atoms with E-state index in [2.05, 4.69) is 32.0 Å². The Labute approximate surface area is 126 Å². The lowest BCUT2D eigenvalue weighted by Crippen LogP contribution is -2.16.